The summed E-state index contributed by atoms with van der Waals surface area (Å²) in [5.41, 5.74) is 3.81. The van der Waals surface area contributed by atoms with E-state index >= 15 is 0 Å². The minimum absolute atomic E-state index is 0.0443. The molecule has 2 aromatic carbocycles. The lowest BCUT2D eigenvalue weighted by Crippen LogP contribution is -2.39. The fraction of sp³-hybridized carbons (Fsp3) is 0.414. The van der Waals surface area contributed by atoms with Gasteiger partial charge in [-0.25, -0.2) is 0 Å². The number of Topliss-reactive ketones (excluding diaryl/α,β-unsaturated/α-hetero) is 1. The van der Waals surface area contributed by atoms with Crippen molar-refractivity contribution in [3.8, 4) is 5.75 Å². The molecule has 1 unspecified atom stereocenters. The predicted octanol–water partition coefficient (Wildman–Crippen LogP) is 5.27. The molecule has 0 saturated heterocycles. The molecular weight excluding hydrogens is 442 g/mol. The number of methoxy groups -OCH3 is 1. The maximum atomic E-state index is 13.4. The van der Waals surface area contributed by atoms with Crippen molar-refractivity contribution < 1.29 is 23.8 Å². The molecule has 0 bridgehead atoms. The Hall–Kier alpha value is -3.25. The van der Waals surface area contributed by atoms with Crippen molar-refractivity contribution in [1.29, 1.82) is 0 Å². The van der Waals surface area contributed by atoms with Crippen LogP contribution in [0.15, 0.2) is 70.9 Å². The maximum absolute atomic E-state index is 13.4. The quantitative estimate of drug-likeness (QED) is 0.384. The Balaban J connectivity index is 1.70. The summed E-state index contributed by atoms with van der Waals surface area (Å²) in [7, 11) is 1.56. The van der Waals surface area contributed by atoms with Crippen LogP contribution in [0.1, 0.15) is 50.7 Å². The second-order valence-corrected chi connectivity index (χ2v) is 10.0. The van der Waals surface area contributed by atoms with E-state index in [0.717, 1.165) is 16.8 Å². The first-order chi connectivity index (χ1) is 16.8. The molecular formula is C29H33NO5. The normalized spacial score (nSPS) is 21.3. The van der Waals surface area contributed by atoms with Crippen molar-refractivity contribution in [2.24, 2.45) is 16.3 Å². The SMILES string of the molecule is COCCOC(=O)C1C(C)=NC2=C(C(=O)CC(C)(C)C2)[C@@H]1c1cccc(OCc2ccccc2)c1. The molecule has 2 atom stereocenters. The van der Waals surface area contributed by atoms with Crippen LogP contribution in [0.4, 0.5) is 0 Å². The highest BCUT2D eigenvalue weighted by atomic mass is 16.6. The number of esters is 1. The van der Waals surface area contributed by atoms with Gasteiger partial charge in [0, 0.05) is 36.4 Å². The third kappa shape index (κ3) is 5.70. The first-order valence-corrected chi connectivity index (χ1v) is 12.0. The summed E-state index contributed by atoms with van der Waals surface area (Å²) in [6, 6.07) is 17.6. The third-order valence-electron chi connectivity index (χ3n) is 6.55. The average molecular weight is 476 g/mol. The van der Waals surface area contributed by atoms with E-state index < -0.39 is 17.8 Å². The van der Waals surface area contributed by atoms with E-state index in [9.17, 15) is 9.59 Å². The Morgan fingerprint density at radius 2 is 1.83 bits per heavy atom. The van der Waals surface area contributed by atoms with E-state index in [1.54, 1.807) is 7.11 Å². The number of benzene rings is 2. The standard InChI is InChI=1S/C29H33NO5/c1-19-25(28(32)34-14-13-33-4)26(27-23(30-19)16-29(2,3)17-24(27)31)21-11-8-12-22(15-21)35-18-20-9-6-5-7-10-20/h5-12,15,25-26H,13-14,16-18H2,1-4H3/t25?,26-/m1/s1. The molecule has 1 aliphatic carbocycles. The van der Waals surface area contributed by atoms with Crippen LogP contribution in [-0.2, 0) is 25.7 Å². The summed E-state index contributed by atoms with van der Waals surface area (Å²) < 4.78 is 16.6. The van der Waals surface area contributed by atoms with Gasteiger partial charge in [-0.15, -0.1) is 0 Å². The van der Waals surface area contributed by atoms with E-state index in [2.05, 4.69) is 13.8 Å². The number of rotatable bonds is 8. The molecule has 0 N–H and O–H groups in total. The molecule has 0 aromatic heterocycles. The lowest BCUT2D eigenvalue weighted by molar-refractivity contribution is -0.147. The molecule has 0 saturated carbocycles. The van der Waals surface area contributed by atoms with Crippen LogP contribution < -0.4 is 4.74 Å². The van der Waals surface area contributed by atoms with E-state index in [1.807, 2.05) is 61.5 Å². The molecule has 0 fully saturated rings. The number of carbonyl (C=O) groups excluding carboxylic acids is 2. The Morgan fingerprint density at radius 3 is 2.57 bits per heavy atom. The zero-order chi connectivity index (χ0) is 25.0. The second-order valence-electron chi connectivity index (χ2n) is 10.0. The fourth-order valence-electron chi connectivity index (χ4n) is 4.96. The Kier molecular flexibility index (Phi) is 7.51. The number of allylic oxidation sites excluding steroid dienone is 2. The van der Waals surface area contributed by atoms with Crippen molar-refractivity contribution in [3.63, 3.8) is 0 Å². The molecule has 1 aliphatic heterocycles. The van der Waals surface area contributed by atoms with Crippen LogP contribution >= 0.6 is 0 Å². The van der Waals surface area contributed by atoms with Gasteiger partial charge in [0.25, 0.3) is 0 Å². The zero-order valence-electron chi connectivity index (χ0n) is 20.9. The third-order valence-corrected chi connectivity index (χ3v) is 6.55. The van der Waals surface area contributed by atoms with Gasteiger partial charge < -0.3 is 14.2 Å². The number of hydrogen-bond donors (Lipinski definition) is 0. The van der Waals surface area contributed by atoms with Crippen LogP contribution in [0.3, 0.4) is 0 Å². The van der Waals surface area contributed by atoms with Gasteiger partial charge in [0.05, 0.1) is 6.61 Å². The summed E-state index contributed by atoms with van der Waals surface area (Å²) in [6.07, 6.45) is 1.12. The van der Waals surface area contributed by atoms with Crippen molar-refractivity contribution in [1.82, 2.24) is 0 Å². The van der Waals surface area contributed by atoms with Crippen LogP contribution in [0.25, 0.3) is 0 Å². The summed E-state index contributed by atoms with van der Waals surface area (Å²) in [5.74, 6) is -0.818. The highest BCUT2D eigenvalue weighted by Gasteiger charge is 2.46. The van der Waals surface area contributed by atoms with E-state index in [-0.39, 0.29) is 17.8 Å². The number of hydrogen-bond acceptors (Lipinski definition) is 6. The van der Waals surface area contributed by atoms with Gasteiger partial charge in [0.1, 0.15) is 24.9 Å². The zero-order valence-corrected chi connectivity index (χ0v) is 20.9. The van der Waals surface area contributed by atoms with Crippen molar-refractivity contribution in [3.05, 3.63) is 77.0 Å². The minimum Gasteiger partial charge on any atom is -0.489 e. The van der Waals surface area contributed by atoms with Crippen LogP contribution in [0, 0.1) is 11.3 Å². The molecule has 184 valence electrons. The number of nitrogens with zero attached hydrogens (tertiary/aromatic N) is 1. The Morgan fingerprint density at radius 1 is 1.06 bits per heavy atom. The lowest BCUT2D eigenvalue weighted by atomic mass is 9.67. The first kappa shape index (κ1) is 24.9. The molecule has 4 rings (SSSR count). The highest BCUT2D eigenvalue weighted by molar-refractivity contribution is 6.09. The molecule has 2 aromatic rings. The highest BCUT2D eigenvalue weighted by Crippen LogP contribution is 2.48. The van der Waals surface area contributed by atoms with Gasteiger partial charge in [0.15, 0.2) is 5.78 Å². The summed E-state index contributed by atoms with van der Waals surface area (Å²) in [6.45, 7) is 6.90. The molecule has 6 nitrogen and oxygen atoms in total. The Labute approximate surface area is 207 Å². The van der Waals surface area contributed by atoms with Crippen LogP contribution in [-0.4, -0.2) is 37.8 Å². The number of aliphatic imine (C=N–C) groups is 1. The Bertz CT molecular complexity index is 1150. The summed E-state index contributed by atoms with van der Waals surface area (Å²) in [5, 5.41) is 0. The molecule has 0 radical (unpaired) electrons. The molecule has 1 heterocycles. The van der Waals surface area contributed by atoms with Crippen molar-refractivity contribution in [2.45, 2.75) is 46.1 Å². The van der Waals surface area contributed by atoms with Crippen LogP contribution in [0.5, 0.6) is 5.75 Å². The van der Waals surface area contributed by atoms with Gasteiger partial charge in [-0.1, -0.05) is 56.3 Å². The van der Waals surface area contributed by atoms with Gasteiger partial charge in [-0.2, -0.15) is 0 Å². The fourth-order valence-corrected chi connectivity index (χ4v) is 4.96. The smallest absolute Gasteiger partial charge is 0.315 e. The molecule has 0 spiro atoms. The van der Waals surface area contributed by atoms with Gasteiger partial charge in [-0.05, 0) is 42.0 Å². The van der Waals surface area contributed by atoms with Gasteiger partial charge >= 0.3 is 5.97 Å². The second kappa shape index (κ2) is 10.6. The summed E-state index contributed by atoms with van der Waals surface area (Å²) in [4.78, 5) is 31.4. The maximum Gasteiger partial charge on any atom is 0.315 e. The van der Waals surface area contributed by atoms with E-state index in [0.29, 0.717) is 43.1 Å². The monoisotopic (exact) mass is 475 g/mol. The molecule has 0 amide bonds. The summed E-state index contributed by atoms with van der Waals surface area (Å²) >= 11 is 0. The largest absolute Gasteiger partial charge is 0.489 e. The predicted molar refractivity (Wildman–Crippen MR) is 134 cm³/mol. The lowest BCUT2D eigenvalue weighted by Gasteiger charge is -2.39. The average Bonchev–Trinajstić information content (AvgIpc) is 2.82. The van der Waals surface area contributed by atoms with Crippen molar-refractivity contribution in [2.75, 3.05) is 20.3 Å². The van der Waals surface area contributed by atoms with E-state index in [1.165, 1.54) is 0 Å². The van der Waals surface area contributed by atoms with Crippen molar-refractivity contribution >= 4 is 17.5 Å². The topological polar surface area (TPSA) is 74.2 Å². The number of ether oxygens (including phenoxy) is 3. The first-order valence-electron chi connectivity index (χ1n) is 12.0. The molecule has 35 heavy (non-hydrogen) atoms. The van der Waals surface area contributed by atoms with Gasteiger partial charge in [0.2, 0.25) is 0 Å². The van der Waals surface area contributed by atoms with Gasteiger partial charge in [-0.3, -0.25) is 14.6 Å². The minimum atomic E-state index is -0.680. The van der Waals surface area contributed by atoms with E-state index in [4.69, 9.17) is 19.2 Å². The van der Waals surface area contributed by atoms with Crippen LogP contribution in [0.2, 0.25) is 0 Å². The molecule has 2 aliphatic rings. The number of carbonyl (C=O) groups is 2. The number of ketones is 1. The molecule has 6 heteroatoms.